The van der Waals surface area contributed by atoms with Crippen LogP contribution >= 0.6 is 40.1 Å². The van der Waals surface area contributed by atoms with Crippen LogP contribution in [0.4, 0.5) is 0 Å². The first-order valence-electron chi connectivity index (χ1n) is 7.03. The first kappa shape index (κ1) is 17.3. The summed E-state index contributed by atoms with van der Waals surface area (Å²) < 4.78 is 18.3. The Morgan fingerprint density at radius 2 is 1.33 bits per heavy atom. The molecule has 1 atom stereocenters. The normalized spacial score (nSPS) is 11.2. The highest BCUT2D eigenvalue weighted by atomic mass is 79.9. The van der Waals surface area contributed by atoms with Gasteiger partial charge in [0.15, 0.2) is 5.75 Å². The number of halogens is 2. The van der Waals surface area contributed by atoms with Crippen molar-refractivity contribution in [3.8, 4) is 28.0 Å². The zero-order valence-corrected chi connectivity index (χ0v) is 16.4. The average Bonchev–Trinajstić information content (AvgIpc) is 2.56. The van der Waals surface area contributed by atoms with Crippen LogP contribution in [0.2, 0.25) is 0 Å². The van der Waals surface area contributed by atoms with Gasteiger partial charge in [0.1, 0.15) is 0 Å². The van der Waals surface area contributed by atoms with Crippen LogP contribution in [0.15, 0.2) is 75.7 Å². The third-order valence-electron chi connectivity index (χ3n) is 3.49. The summed E-state index contributed by atoms with van der Waals surface area (Å²) in [4.78, 5) is 9.19. The van der Waals surface area contributed by atoms with Crippen molar-refractivity contribution in [3.63, 3.8) is 0 Å². The minimum atomic E-state index is -2.74. The van der Waals surface area contributed by atoms with E-state index in [-0.39, 0.29) is 0 Å². The SMILES string of the molecule is O=[P+](O)Oc1cccc(-c2ccc(Br)cc2)c1-c1ccc(Br)cc1. The van der Waals surface area contributed by atoms with Crippen molar-refractivity contribution in [2.75, 3.05) is 0 Å². The minimum absolute atomic E-state index is 0.376. The van der Waals surface area contributed by atoms with Gasteiger partial charge < -0.3 is 0 Å². The van der Waals surface area contributed by atoms with E-state index in [0.717, 1.165) is 31.2 Å². The minimum Gasteiger partial charge on any atom is -0.229 e. The van der Waals surface area contributed by atoms with Gasteiger partial charge in [-0.15, -0.1) is 4.89 Å². The first-order valence-corrected chi connectivity index (χ1v) is 9.75. The van der Waals surface area contributed by atoms with Crippen molar-refractivity contribution >= 4 is 40.1 Å². The second-order valence-electron chi connectivity index (χ2n) is 5.02. The van der Waals surface area contributed by atoms with Gasteiger partial charge in [-0.1, -0.05) is 68.3 Å². The fourth-order valence-corrected chi connectivity index (χ4v) is 3.32. The van der Waals surface area contributed by atoms with Crippen molar-refractivity contribution in [3.05, 3.63) is 75.7 Å². The largest absolute Gasteiger partial charge is 0.747 e. The number of hydrogen-bond donors (Lipinski definition) is 1. The molecule has 6 heteroatoms. The summed E-state index contributed by atoms with van der Waals surface area (Å²) in [7, 11) is -2.74. The molecule has 0 radical (unpaired) electrons. The number of hydrogen-bond acceptors (Lipinski definition) is 2. The van der Waals surface area contributed by atoms with Crippen molar-refractivity contribution in [1.29, 1.82) is 0 Å². The van der Waals surface area contributed by atoms with E-state index in [9.17, 15) is 9.46 Å². The molecule has 0 saturated heterocycles. The van der Waals surface area contributed by atoms with Gasteiger partial charge in [-0.25, -0.2) is 4.52 Å². The molecule has 3 aromatic carbocycles. The molecule has 3 aromatic rings. The molecule has 0 aliphatic heterocycles. The Hall–Kier alpha value is -1.52. The highest BCUT2D eigenvalue weighted by Gasteiger charge is 2.21. The van der Waals surface area contributed by atoms with Gasteiger partial charge in [-0.05, 0) is 47.0 Å². The predicted octanol–water partition coefficient (Wildman–Crippen LogP) is 6.57. The summed E-state index contributed by atoms with van der Waals surface area (Å²) in [5.74, 6) is 0.376. The lowest BCUT2D eigenvalue weighted by molar-refractivity contribution is 0.411. The van der Waals surface area contributed by atoms with Gasteiger partial charge in [0.2, 0.25) is 0 Å². The van der Waals surface area contributed by atoms with Gasteiger partial charge >= 0.3 is 8.25 Å². The van der Waals surface area contributed by atoms with Crippen LogP contribution in [0.25, 0.3) is 22.3 Å². The second kappa shape index (κ2) is 7.58. The van der Waals surface area contributed by atoms with Crippen LogP contribution in [0.3, 0.4) is 0 Å². The molecule has 24 heavy (non-hydrogen) atoms. The van der Waals surface area contributed by atoms with E-state index >= 15 is 0 Å². The third kappa shape index (κ3) is 3.93. The summed E-state index contributed by atoms with van der Waals surface area (Å²) in [6, 6.07) is 21.1. The van der Waals surface area contributed by atoms with Crippen LogP contribution in [-0.4, -0.2) is 4.89 Å². The number of benzene rings is 3. The van der Waals surface area contributed by atoms with Gasteiger partial charge in [0.25, 0.3) is 0 Å². The molecule has 0 aromatic heterocycles. The summed E-state index contributed by atoms with van der Waals surface area (Å²) in [6.07, 6.45) is 0. The van der Waals surface area contributed by atoms with Gasteiger partial charge in [0.05, 0.1) is 0 Å². The Kier molecular flexibility index (Phi) is 5.47. The molecule has 3 rings (SSSR count). The van der Waals surface area contributed by atoms with Crippen molar-refractivity contribution < 1.29 is 14.0 Å². The Morgan fingerprint density at radius 3 is 1.88 bits per heavy atom. The zero-order valence-electron chi connectivity index (χ0n) is 12.3. The molecule has 120 valence electrons. The van der Waals surface area contributed by atoms with Gasteiger partial charge in [0, 0.05) is 19.1 Å². The molecule has 0 amide bonds. The first-order chi connectivity index (χ1) is 11.5. The van der Waals surface area contributed by atoms with E-state index in [1.54, 1.807) is 6.07 Å². The molecule has 0 fully saturated rings. The Labute approximate surface area is 157 Å². The molecular weight excluding hydrogens is 455 g/mol. The van der Waals surface area contributed by atoms with Crippen LogP contribution in [-0.2, 0) is 4.57 Å². The summed E-state index contributed by atoms with van der Waals surface area (Å²) in [5.41, 5.74) is 3.61. The summed E-state index contributed by atoms with van der Waals surface area (Å²) >= 11 is 6.86. The second-order valence-corrected chi connectivity index (χ2v) is 7.51. The maximum absolute atomic E-state index is 11.2. The lowest BCUT2D eigenvalue weighted by Gasteiger charge is -2.12. The quantitative estimate of drug-likeness (QED) is 0.442. The van der Waals surface area contributed by atoms with Gasteiger partial charge in [-0.2, -0.15) is 0 Å². The van der Waals surface area contributed by atoms with E-state index in [4.69, 9.17) is 4.52 Å². The Balaban J connectivity index is 2.22. The highest BCUT2D eigenvalue weighted by molar-refractivity contribution is 9.10. The van der Waals surface area contributed by atoms with E-state index in [1.165, 1.54) is 0 Å². The maximum atomic E-state index is 11.2. The molecule has 0 aliphatic rings. The summed E-state index contributed by atoms with van der Waals surface area (Å²) in [5, 5.41) is 0. The smallest absolute Gasteiger partial charge is 0.229 e. The van der Waals surface area contributed by atoms with Gasteiger partial charge in [-0.3, -0.25) is 0 Å². The molecule has 0 spiro atoms. The highest BCUT2D eigenvalue weighted by Crippen LogP contribution is 2.42. The van der Waals surface area contributed by atoms with E-state index in [0.29, 0.717) is 5.75 Å². The fraction of sp³-hybridized carbons (Fsp3) is 0. The van der Waals surface area contributed by atoms with Crippen LogP contribution in [0.1, 0.15) is 0 Å². The standard InChI is InChI=1S/C18H11Br2O3P/c19-14-8-4-12(5-9-14)16-2-1-3-17(23-24(21)22)18(16)13-6-10-15(20)11-7-13/h1-11H/p+1. The van der Waals surface area contributed by atoms with Crippen molar-refractivity contribution in [2.24, 2.45) is 0 Å². The topological polar surface area (TPSA) is 46.5 Å². The lowest BCUT2D eigenvalue weighted by atomic mass is 9.94. The monoisotopic (exact) mass is 465 g/mol. The van der Waals surface area contributed by atoms with Crippen LogP contribution in [0, 0.1) is 0 Å². The molecule has 0 heterocycles. The molecule has 1 N–H and O–H groups in total. The lowest BCUT2D eigenvalue weighted by Crippen LogP contribution is -1.90. The van der Waals surface area contributed by atoms with E-state index < -0.39 is 8.25 Å². The van der Waals surface area contributed by atoms with E-state index in [2.05, 4.69) is 31.9 Å². The molecular formula is C18H12Br2O3P+. The van der Waals surface area contributed by atoms with E-state index in [1.807, 2.05) is 60.7 Å². The predicted molar refractivity (Wildman–Crippen MR) is 103 cm³/mol. The molecule has 3 nitrogen and oxygen atoms in total. The Bertz CT molecular complexity index is 878. The third-order valence-corrected chi connectivity index (χ3v) is 4.90. The average molecular weight is 467 g/mol. The molecule has 0 bridgehead atoms. The molecule has 1 unspecified atom stereocenters. The molecule has 0 aliphatic carbocycles. The van der Waals surface area contributed by atoms with Crippen molar-refractivity contribution in [1.82, 2.24) is 0 Å². The maximum Gasteiger partial charge on any atom is 0.747 e. The van der Waals surface area contributed by atoms with Crippen molar-refractivity contribution in [2.45, 2.75) is 0 Å². The zero-order chi connectivity index (χ0) is 17.1. The molecule has 0 saturated carbocycles. The van der Waals surface area contributed by atoms with Crippen LogP contribution < -0.4 is 4.52 Å². The fourth-order valence-electron chi connectivity index (χ4n) is 2.48. The summed E-state index contributed by atoms with van der Waals surface area (Å²) in [6.45, 7) is 0. The Morgan fingerprint density at radius 1 is 0.792 bits per heavy atom. The number of rotatable bonds is 4. The van der Waals surface area contributed by atoms with Crippen LogP contribution in [0.5, 0.6) is 5.75 Å².